The molecule has 0 spiro atoms. The molecule has 2 rings (SSSR count). The standard InChI is InChI=1S/C19H22BrN3O4S/c1-4-23(5-2)28(26,27)17-12-14(11-10-13(17)3)18(24)21-22-19(25)15-8-6-7-9-16(15)20/h6-12H,4-5H2,1-3H3,(H,21,24)(H,22,25). The van der Waals surface area contributed by atoms with Gasteiger partial charge < -0.3 is 0 Å². The number of carbonyl (C=O) groups is 2. The van der Waals surface area contributed by atoms with Crippen LogP contribution in [-0.2, 0) is 10.0 Å². The number of carbonyl (C=O) groups excluding carboxylic acids is 2. The van der Waals surface area contributed by atoms with Gasteiger partial charge in [-0.15, -0.1) is 0 Å². The van der Waals surface area contributed by atoms with Crippen molar-refractivity contribution in [2.75, 3.05) is 13.1 Å². The highest BCUT2D eigenvalue weighted by Gasteiger charge is 2.24. The fraction of sp³-hybridized carbons (Fsp3) is 0.263. The van der Waals surface area contributed by atoms with Crippen molar-refractivity contribution in [1.29, 1.82) is 0 Å². The molecule has 2 amide bonds. The second-order valence-electron chi connectivity index (χ2n) is 5.96. The lowest BCUT2D eigenvalue weighted by atomic mass is 10.1. The molecule has 0 aliphatic carbocycles. The van der Waals surface area contributed by atoms with Crippen LogP contribution in [0.1, 0.15) is 40.1 Å². The van der Waals surface area contributed by atoms with Crippen molar-refractivity contribution in [2.24, 2.45) is 0 Å². The number of rotatable bonds is 6. The van der Waals surface area contributed by atoms with Gasteiger partial charge in [-0.2, -0.15) is 4.31 Å². The average molecular weight is 468 g/mol. The summed E-state index contributed by atoms with van der Waals surface area (Å²) in [6.45, 7) is 5.84. The predicted molar refractivity (Wildman–Crippen MR) is 110 cm³/mol. The van der Waals surface area contributed by atoms with Crippen molar-refractivity contribution in [3.63, 3.8) is 0 Å². The number of sulfonamides is 1. The number of halogens is 1. The Balaban J connectivity index is 2.21. The van der Waals surface area contributed by atoms with Crippen molar-refractivity contribution >= 4 is 37.8 Å². The summed E-state index contributed by atoms with van der Waals surface area (Å²) in [5, 5.41) is 0. The Hall–Kier alpha value is -2.23. The minimum Gasteiger partial charge on any atom is -0.267 e. The van der Waals surface area contributed by atoms with Crippen LogP contribution in [0.15, 0.2) is 51.8 Å². The molecule has 0 fully saturated rings. The molecule has 2 aromatic rings. The Kier molecular flexibility index (Phi) is 7.34. The van der Waals surface area contributed by atoms with E-state index >= 15 is 0 Å². The van der Waals surface area contributed by atoms with Crippen LogP contribution in [0.2, 0.25) is 0 Å². The monoisotopic (exact) mass is 467 g/mol. The first kappa shape index (κ1) is 22.1. The quantitative estimate of drug-likeness (QED) is 0.638. The van der Waals surface area contributed by atoms with Gasteiger partial charge in [0.15, 0.2) is 0 Å². The molecule has 0 saturated heterocycles. The van der Waals surface area contributed by atoms with Crippen molar-refractivity contribution in [3.8, 4) is 0 Å². The van der Waals surface area contributed by atoms with E-state index in [2.05, 4.69) is 26.8 Å². The Bertz CT molecular complexity index is 988. The molecule has 0 bridgehead atoms. The molecule has 2 N–H and O–H groups in total. The van der Waals surface area contributed by atoms with E-state index in [0.29, 0.717) is 28.7 Å². The number of amides is 2. The van der Waals surface area contributed by atoms with Crippen molar-refractivity contribution in [2.45, 2.75) is 25.7 Å². The highest BCUT2D eigenvalue weighted by Crippen LogP contribution is 2.21. The summed E-state index contributed by atoms with van der Waals surface area (Å²) in [6, 6.07) is 11.2. The molecule has 0 aromatic heterocycles. The summed E-state index contributed by atoms with van der Waals surface area (Å²) in [6.07, 6.45) is 0. The molecule has 0 unspecified atom stereocenters. The van der Waals surface area contributed by atoms with Crippen LogP contribution in [0.25, 0.3) is 0 Å². The first-order valence-corrected chi connectivity index (χ1v) is 10.9. The molecule has 2 aromatic carbocycles. The zero-order chi connectivity index (χ0) is 20.9. The van der Waals surface area contributed by atoms with Crippen LogP contribution in [0, 0.1) is 6.92 Å². The second-order valence-corrected chi connectivity index (χ2v) is 8.72. The maximum atomic E-state index is 12.8. The number of nitrogens with zero attached hydrogens (tertiary/aromatic N) is 1. The van der Waals surface area contributed by atoms with Gasteiger partial charge in [0.2, 0.25) is 10.0 Å². The lowest BCUT2D eigenvalue weighted by Gasteiger charge is -2.20. The normalized spacial score (nSPS) is 11.3. The van der Waals surface area contributed by atoms with E-state index in [-0.39, 0.29) is 10.5 Å². The first-order chi connectivity index (χ1) is 13.2. The molecule has 0 aliphatic heterocycles. The van der Waals surface area contributed by atoms with E-state index in [9.17, 15) is 18.0 Å². The third-order valence-electron chi connectivity index (χ3n) is 4.18. The molecule has 7 nitrogen and oxygen atoms in total. The molecule has 9 heteroatoms. The minimum atomic E-state index is -3.71. The number of hydrogen-bond acceptors (Lipinski definition) is 4. The van der Waals surface area contributed by atoms with Gasteiger partial charge in [-0.3, -0.25) is 20.4 Å². The molecule has 150 valence electrons. The van der Waals surface area contributed by atoms with Crippen molar-refractivity contribution in [3.05, 3.63) is 63.6 Å². The lowest BCUT2D eigenvalue weighted by molar-refractivity contribution is 0.0846. The van der Waals surface area contributed by atoms with Gasteiger partial charge in [0.25, 0.3) is 11.8 Å². The number of hydrogen-bond donors (Lipinski definition) is 2. The SMILES string of the molecule is CCN(CC)S(=O)(=O)c1cc(C(=O)NNC(=O)c2ccccc2Br)ccc1C. The van der Waals surface area contributed by atoms with Crippen LogP contribution in [0.5, 0.6) is 0 Å². The number of benzene rings is 2. The molecule has 0 heterocycles. The Labute approximate surface area is 173 Å². The van der Waals surface area contributed by atoms with E-state index in [4.69, 9.17) is 0 Å². The number of aryl methyl sites for hydroxylation is 1. The molecular weight excluding hydrogens is 446 g/mol. The highest BCUT2D eigenvalue weighted by atomic mass is 79.9. The third kappa shape index (κ3) is 4.78. The maximum Gasteiger partial charge on any atom is 0.270 e. The summed E-state index contributed by atoms with van der Waals surface area (Å²) in [5.41, 5.74) is 5.67. The Morgan fingerprint density at radius 3 is 2.21 bits per heavy atom. The minimum absolute atomic E-state index is 0.0704. The zero-order valence-electron chi connectivity index (χ0n) is 15.8. The van der Waals surface area contributed by atoms with Gasteiger partial charge in [-0.05, 0) is 52.7 Å². The van der Waals surface area contributed by atoms with Crippen LogP contribution in [0.3, 0.4) is 0 Å². The van der Waals surface area contributed by atoms with Gasteiger partial charge >= 0.3 is 0 Å². The number of hydrazine groups is 1. The lowest BCUT2D eigenvalue weighted by Crippen LogP contribution is -2.41. The summed E-state index contributed by atoms with van der Waals surface area (Å²) < 4.78 is 27.5. The fourth-order valence-electron chi connectivity index (χ4n) is 2.62. The van der Waals surface area contributed by atoms with Crippen LogP contribution >= 0.6 is 15.9 Å². The highest BCUT2D eigenvalue weighted by molar-refractivity contribution is 9.10. The molecule has 0 saturated carbocycles. The molecular formula is C19H22BrN3O4S. The zero-order valence-corrected chi connectivity index (χ0v) is 18.2. The van der Waals surface area contributed by atoms with Crippen LogP contribution in [0.4, 0.5) is 0 Å². The van der Waals surface area contributed by atoms with Crippen LogP contribution < -0.4 is 10.9 Å². The molecule has 0 aliphatic rings. The Morgan fingerprint density at radius 2 is 1.61 bits per heavy atom. The van der Waals surface area contributed by atoms with Gasteiger partial charge in [-0.25, -0.2) is 8.42 Å². The van der Waals surface area contributed by atoms with E-state index in [1.807, 2.05) is 0 Å². The van der Waals surface area contributed by atoms with Crippen LogP contribution in [-0.4, -0.2) is 37.6 Å². The van der Waals surface area contributed by atoms with Gasteiger partial charge in [0.05, 0.1) is 10.5 Å². The smallest absolute Gasteiger partial charge is 0.267 e. The summed E-state index contributed by atoms with van der Waals surface area (Å²) in [7, 11) is -3.71. The maximum absolute atomic E-state index is 12.8. The Morgan fingerprint density at radius 1 is 1.00 bits per heavy atom. The summed E-state index contributed by atoms with van der Waals surface area (Å²) in [4.78, 5) is 24.7. The van der Waals surface area contributed by atoms with Gasteiger partial charge in [0, 0.05) is 23.1 Å². The molecule has 0 atom stereocenters. The third-order valence-corrected chi connectivity index (χ3v) is 7.06. The second kappa shape index (κ2) is 9.31. The predicted octanol–water partition coefficient (Wildman–Crippen LogP) is 2.86. The summed E-state index contributed by atoms with van der Waals surface area (Å²) >= 11 is 3.27. The van der Waals surface area contributed by atoms with Crippen molar-refractivity contribution in [1.82, 2.24) is 15.2 Å². The van der Waals surface area contributed by atoms with Gasteiger partial charge in [-0.1, -0.05) is 32.0 Å². The van der Waals surface area contributed by atoms with E-state index in [0.717, 1.165) is 0 Å². The topological polar surface area (TPSA) is 95.6 Å². The van der Waals surface area contributed by atoms with E-state index < -0.39 is 21.8 Å². The molecule has 0 radical (unpaired) electrons. The first-order valence-electron chi connectivity index (χ1n) is 8.68. The van der Waals surface area contributed by atoms with E-state index in [1.54, 1.807) is 51.1 Å². The van der Waals surface area contributed by atoms with Crippen molar-refractivity contribution < 1.29 is 18.0 Å². The largest absolute Gasteiger partial charge is 0.270 e. The fourth-order valence-corrected chi connectivity index (χ4v) is 4.79. The van der Waals surface area contributed by atoms with E-state index in [1.165, 1.54) is 16.4 Å². The number of nitrogens with one attached hydrogen (secondary N) is 2. The average Bonchev–Trinajstić information content (AvgIpc) is 2.67. The summed E-state index contributed by atoms with van der Waals surface area (Å²) in [5.74, 6) is -1.11. The molecule has 28 heavy (non-hydrogen) atoms. The van der Waals surface area contributed by atoms with Gasteiger partial charge in [0.1, 0.15) is 0 Å².